The molecule has 0 aromatic carbocycles. The summed E-state index contributed by atoms with van der Waals surface area (Å²) in [5.74, 6) is -0.349. The van der Waals surface area contributed by atoms with Gasteiger partial charge in [0.25, 0.3) is 0 Å². The van der Waals surface area contributed by atoms with Crippen molar-refractivity contribution < 1.29 is 24.1 Å². The van der Waals surface area contributed by atoms with Gasteiger partial charge in [0.15, 0.2) is 6.29 Å². The predicted molar refractivity (Wildman–Crippen MR) is 114 cm³/mol. The summed E-state index contributed by atoms with van der Waals surface area (Å²) < 4.78 is 19.6. The molecular weight excluding hydrogens is 398 g/mol. The predicted octanol–water partition coefficient (Wildman–Crippen LogP) is 3.86. The Hall–Kier alpha value is -2.45. The second-order valence-electron chi connectivity index (χ2n) is 8.46. The first-order chi connectivity index (χ1) is 15.0. The highest BCUT2D eigenvalue weighted by Crippen LogP contribution is 2.31. The summed E-state index contributed by atoms with van der Waals surface area (Å²) >= 11 is 0. The molecule has 0 spiro atoms. The minimum absolute atomic E-state index is 0.0842. The average Bonchev–Trinajstić information content (AvgIpc) is 3.15. The third kappa shape index (κ3) is 5.25. The minimum Gasteiger partial charge on any atom is -0.489 e. The fourth-order valence-corrected chi connectivity index (χ4v) is 4.34. The van der Waals surface area contributed by atoms with Crippen molar-refractivity contribution in [3.8, 4) is 17.0 Å². The summed E-state index contributed by atoms with van der Waals surface area (Å²) in [6, 6.07) is 3.85. The van der Waals surface area contributed by atoms with E-state index in [9.17, 15) is 9.90 Å². The second kappa shape index (κ2) is 9.78. The Morgan fingerprint density at radius 1 is 1.26 bits per heavy atom. The van der Waals surface area contributed by atoms with E-state index in [2.05, 4.69) is 5.10 Å². The number of carboxylic acid groups (broad SMARTS) is 1. The van der Waals surface area contributed by atoms with Crippen LogP contribution in [0.1, 0.15) is 56.3 Å². The number of aliphatic carboxylic acids is 1. The molecule has 0 amide bonds. The second-order valence-corrected chi connectivity index (χ2v) is 8.46. The molecule has 31 heavy (non-hydrogen) atoms. The van der Waals surface area contributed by atoms with Gasteiger partial charge < -0.3 is 19.3 Å². The molecule has 2 aliphatic rings. The Balaban J connectivity index is 1.45. The molecule has 3 unspecified atom stereocenters. The molecule has 8 nitrogen and oxygen atoms in total. The van der Waals surface area contributed by atoms with Crippen molar-refractivity contribution in [3.63, 3.8) is 0 Å². The normalized spacial score (nSPS) is 24.1. The Labute approximate surface area is 182 Å². The molecule has 2 aromatic rings. The van der Waals surface area contributed by atoms with Crippen molar-refractivity contribution in [2.24, 2.45) is 13.0 Å². The Kier molecular flexibility index (Phi) is 6.87. The minimum atomic E-state index is -0.733. The summed E-state index contributed by atoms with van der Waals surface area (Å²) in [7, 11) is 1.90. The monoisotopic (exact) mass is 429 g/mol. The lowest BCUT2D eigenvalue weighted by atomic mass is 9.87. The SMILES string of the molecule is Cc1nc(-c2cnn(C)c2COC2CCCCO2)ccc1OC1CCCC(C(=O)O)C1. The third-order valence-corrected chi connectivity index (χ3v) is 6.19. The van der Waals surface area contributed by atoms with Gasteiger partial charge in [-0.1, -0.05) is 0 Å². The molecule has 3 heterocycles. The average molecular weight is 430 g/mol. The van der Waals surface area contributed by atoms with Crippen LogP contribution in [0, 0.1) is 12.8 Å². The van der Waals surface area contributed by atoms with E-state index in [-0.39, 0.29) is 18.3 Å². The maximum Gasteiger partial charge on any atom is 0.306 e. The molecule has 1 saturated heterocycles. The number of rotatable bonds is 7. The van der Waals surface area contributed by atoms with Crippen LogP contribution < -0.4 is 4.74 Å². The molecule has 0 bridgehead atoms. The first-order valence-corrected chi connectivity index (χ1v) is 11.1. The summed E-state index contributed by atoms with van der Waals surface area (Å²) in [5.41, 5.74) is 3.47. The van der Waals surface area contributed by atoms with Crippen LogP contribution >= 0.6 is 0 Å². The largest absolute Gasteiger partial charge is 0.489 e. The topological polar surface area (TPSA) is 95.7 Å². The lowest BCUT2D eigenvalue weighted by molar-refractivity contribution is -0.169. The molecule has 4 rings (SSSR count). The number of hydrogen-bond donors (Lipinski definition) is 1. The van der Waals surface area contributed by atoms with E-state index in [1.54, 1.807) is 6.20 Å². The van der Waals surface area contributed by atoms with E-state index in [1.807, 2.05) is 30.8 Å². The van der Waals surface area contributed by atoms with Gasteiger partial charge in [0.1, 0.15) is 5.75 Å². The molecule has 2 fully saturated rings. The highest BCUT2D eigenvalue weighted by Gasteiger charge is 2.28. The highest BCUT2D eigenvalue weighted by molar-refractivity contribution is 5.70. The van der Waals surface area contributed by atoms with Gasteiger partial charge in [0, 0.05) is 19.2 Å². The van der Waals surface area contributed by atoms with Gasteiger partial charge in [-0.05, 0) is 64.0 Å². The van der Waals surface area contributed by atoms with Crippen LogP contribution in [0.2, 0.25) is 0 Å². The number of hydrogen-bond acceptors (Lipinski definition) is 6. The van der Waals surface area contributed by atoms with Gasteiger partial charge in [-0.2, -0.15) is 5.10 Å². The molecule has 1 aliphatic heterocycles. The molecular formula is C23H31N3O5. The molecule has 0 radical (unpaired) electrons. The zero-order valence-electron chi connectivity index (χ0n) is 18.2. The van der Waals surface area contributed by atoms with E-state index >= 15 is 0 Å². The van der Waals surface area contributed by atoms with Gasteiger partial charge in [-0.25, -0.2) is 4.98 Å². The van der Waals surface area contributed by atoms with Crippen LogP contribution in [0.25, 0.3) is 11.3 Å². The first-order valence-electron chi connectivity index (χ1n) is 11.1. The van der Waals surface area contributed by atoms with Crippen molar-refractivity contribution >= 4 is 5.97 Å². The Morgan fingerprint density at radius 2 is 2.13 bits per heavy atom. The molecule has 3 atom stereocenters. The van der Waals surface area contributed by atoms with Crippen LogP contribution in [0.5, 0.6) is 5.75 Å². The maximum absolute atomic E-state index is 11.3. The smallest absolute Gasteiger partial charge is 0.306 e. The van der Waals surface area contributed by atoms with Crippen molar-refractivity contribution in [3.05, 3.63) is 29.7 Å². The lowest BCUT2D eigenvalue weighted by Gasteiger charge is -2.27. The molecule has 1 aliphatic carbocycles. The third-order valence-electron chi connectivity index (χ3n) is 6.19. The van der Waals surface area contributed by atoms with Crippen LogP contribution in [-0.2, 0) is 27.9 Å². The number of pyridine rings is 1. The van der Waals surface area contributed by atoms with Crippen LogP contribution in [0.4, 0.5) is 0 Å². The quantitative estimate of drug-likeness (QED) is 0.714. The zero-order valence-corrected chi connectivity index (χ0v) is 18.2. The standard InChI is InChI=1S/C23H31N3O5/c1-15-21(31-17-7-5-6-16(12-17)23(27)28)10-9-19(25-15)18-13-24-26(2)20(18)14-30-22-8-3-4-11-29-22/h9-10,13,16-17,22H,3-8,11-12,14H2,1-2H3,(H,27,28). The molecule has 8 heteroatoms. The van der Waals surface area contributed by atoms with Gasteiger partial charge in [0.2, 0.25) is 0 Å². The summed E-state index contributed by atoms with van der Waals surface area (Å²) in [4.78, 5) is 16.1. The van der Waals surface area contributed by atoms with Crippen LogP contribution in [0.15, 0.2) is 18.3 Å². The van der Waals surface area contributed by atoms with Gasteiger partial charge in [0.05, 0.1) is 41.9 Å². The fraction of sp³-hybridized carbons (Fsp3) is 0.609. The van der Waals surface area contributed by atoms with Gasteiger partial charge in [-0.15, -0.1) is 0 Å². The summed E-state index contributed by atoms with van der Waals surface area (Å²) in [6.45, 7) is 3.08. The number of carboxylic acids is 1. The van der Waals surface area contributed by atoms with E-state index in [4.69, 9.17) is 19.2 Å². The van der Waals surface area contributed by atoms with Crippen molar-refractivity contribution in [1.82, 2.24) is 14.8 Å². The lowest BCUT2D eigenvalue weighted by Crippen LogP contribution is -2.29. The maximum atomic E-state index is 11.3. The molecule has 1 N–H and O–H groups in total. The van der Waals surface area contributed by atoms with E-state index in [0.717, 1.165) is 67.8 Å². The number of ether oxygens (including phenoxy) is 3. The zero-order chi connectivity index (χ0) is 21.8. The van der Waals surface area contributed by atoms with Crippen molar-refractivity contribution in [1.29, 1.82) is 0 Å². The van der Waals surface area contributed by atoms with Crippen molar-refractivity contribution in [2.45, 2.75) is 70.9 Å². The fourth-order valence-electron chi connectivity index (χ4n) is 4.34. The number of aromatic nitrogens is 3. The number of carbonyl (C=O) groups is 1. The molecule has 2 aromatic heterocycles. The summed E-state index contributed by atoms with van der Waals surface area (Å²) in [6.07, 6.45) is 7.71. The summed E-state index contributed by atoms with van der Waals surface area (Å²) in [5, 5.41) is 13.7. The number of nitrogens with zero attached hydrogens (tertiary/aromatic N) is 3. The Morgan fingerprint density at radius 3 is 2.87 bits per heavy atom. The van der Waals surface area contributed by atoms with E-state index < -0.39 is 5.97 Å². The van der Waals surface area contributed by atoms with E-state index in [1.165, 1.54) is 0 Å². The highest BCUT2D eigenvalue weighted by atomic mass is 16.7. The van der Waals surface area contributed by atoms with Gasteiger partial charge in [-0.3, -0.25) is 9.48 Å². The molecule has 168 valence electrons. The van der Waals surface area contributed by atoms with Crippen LogP contribution in [0.3, 0.4) is 0 Å². The van der Waals surface area contributed by atoms with Gasteiger partial charge >= 0.3 is 5.97 Å². The molecule has 1 saturated carbocycles. The van der Waals surface area contributed by atoms with E-state index in [0.29, 0.717) is 18.8 Å². The Bertz CT molecular complexity index is 907. The van der Waals surface area contributed by atoms with Crippen molar-refractivity contribution in [2.75, 3.05) is 6.61 Å². The number of aryl methyl sites for hydroxylation is 2. The van der Waals surface area contributed by atoms with Crippen LogP contribution in [-0.4, -0.2) is 44.8 Å². The first kappa shape index (κ1) is 21.8.